The lowest BCUT2D eigenvalue weighted by molar-refractivity contribution is -0.119. The molecule has 1 aliphatic heterocycles. The molecule has 0 aromatic heterocycles. The van der Waals surface area contributed by atoms with E-state index < -0.39 is 0 Å². The van der Waals surface area contributed by atoms with Crippen molar-refractivity contribution >= 4 is 29.1 Å². The Morgan fingerprint density at radius 1 is 0.838 bits per heavy atom. The van der Waals surface area contributed by atoms with Gasteiger partial charge in [-0.05, 0) is 53.8 Å². The van der Waals surface area contributed by atoms with E-state index >= 15 is 0 Å². The number of carbonyl (C=O) groups is 2. The molecule has 0 aliphatic carbocycles. The molecule has 0 saturated carbocycles. The smallest absolute Gasteiger partial charge is 0.254 e. The highest BCUT2D eigenvalue weighted by atomic mass is 35.5. The number of amides is 2. The number of carbonyl (C=O) groups excluding carboxylic acids is 2. The number of nitrogens with zero attached hydrogens (tertiary/aromatic N) is 3. The number of halogens is 1. The number of rotatable bonds is 5. The van der Waals surface area contributed by atoms with E-state index in [0.29, 0.717) is 36.6 Å². The summed E-state index contributed by atoms with van der Waals surface area (Å²) in [6.07, 6.45) is 1.35. The topological polar surface area (TPSA) is 43.9 Å². The van der Waals surface area contributed by atoms with Crippen molar-refractivity contribution in [2.45, 2.75) is 39.8 Å². The quantitative estimate of drug-likeness (QED) is 0.401. The summed E-state index contributed by atoms with van der Waals surface area (Å²) in [5.41, 5.74) is 3.74. The summed E-state index contributed by atoms with van der Waals surface area (Å²) in [6.45, 7) is 8.21. The highest BCUT2D eigenvalue weighted by Gasteiger charge is 2.24. The van der Waals surface area contributed by atoms with Crippen LogP contribution in [0.2, 0.25) is 5.02 Å². The maximum absolute atomic E-state index is 13.7. The van der Waals surface area contributed by atoms with Crippen molar-refractivity contribution in [3.8, 4) is 0 Å². The average molecular weight is 518 g/mol. The van der Waals surface area contributed by atoms with E-state index in [1.807, 2.05) is 40.1 Å². The Balaban J connectivity index is 1.67. The second-order valence-corrected chi connectivity index (χ2v) is 10.6. The van der Waals surface area contributed by atoms with E-state index in [9.17, 15) is 9.59 Å². The molecule has 0 unspecified atom stereocenters. The Kier molecular flexibility index (Phi) is 9.37. The van der Waals surface area contributed by atoms with Gasteiger partial charge in [-0.25, -0.2) is 0 Å². The van der Waals surface area contributed by atoms with E-state index in [0.717, 1.165) is 37.3 Å². The van der Waals surface area contributed by atoms with E-state index in [-0.39, 0.29) is 17.7 Å². The molecule has 0 N–H and O–H groups in total. The maximum Gasteiger partial charge on any atom is 0.254 e. The van der Waals surface area contributed by atoms with Crippen LogP contribution in [0.5, 0.6) is 0 Å². The molecule has 1 aliphatic rings. The lowest BCUT2D eigenvalue weighted by Crippen LogP contribution is -2.38. The minimum Gasteiger partial charge on any atom is -0.333 e. The summed E-state index contributed by atoms with van der Waals surface area (Å²) in [5, 5.41) is 0.604. The van der Waals surface area contributed by atoms with Crippen LogP contribution in [0.3, 0.4) is 0 Å². The third kappa shape index (κ3) is 7.43. The number of anilines is 1. The molecule has 0 radical (unpaired) electrons. The summed E-state index contributed by atoms with van der Waals surface area (Å²) in [7, 11) is 0. The molecule has 4 rings (SSSR count). The van der Waals surface area contributed by atoms with Crippen LogP contribution in [0.15, 0.2) is 78.9 Å². The molecular formula is C31H36ClN3O2. The fourth-order valence-electron chi connectivity index (χ4n) is 4.81. The molecule has 0 atom stereocenters. The summed E-state index contributed by atoms with van der Waals surface area (Å²) < 4.78 is 0. The van der Waals surface area contributed by atoms with Gasteiger partial charge in [0.25, 0.3) is 5.91 Å². The van der Waals surface area contributed by atoms with Crippen molar-refractivity contribution in [3.05, 3.63) is 101 Å². The van der Waals surface area contributed by atoms with Crippen LogP contribution >= 0.6 is 11.6 Å². The first-order valence-corrected chi connectivity index (χ1v) is 13.5. The molecule has 5 nitrogen and oxygen atoms in total. The molecule has 0 saturated heterocycles. The largest absolute Gasteiger partial charge is 0.333 e. The molecule has 0 fully saturated rings. The van der Waals surface area contributed by atoms with E-state index in [1.165, 1.54) is 5.56 Å². The zero-order valence-electron chi connectivity index (χ0n) is 21.8. The Morgan fingerprint density at radius 2 is 1.54 bits per heavy atom. The Labute approximate surface area is 225 Å². The summed E-state index contributed by atoms with van der Waals surface area (Å²) in [6, 6.07) is 25.5. The third-order valence-electron chi connectivity index (χ3n) is 6.70. The van der Waals surface area contributed by atoms with Gasteiger partial charge >= 0.3 is 0 Å². The van der Waals surface area contributed by atoms with Gasteiger partial charge in [-0.2, -0.15) is 0 Å². The third-order valence-corrected chi connectivity index (χ3v) is 6.95. The Morgan fingerprint density at radius 3 is 2.27 bits per heavy atom. The zero-order valence-corrected chi connectivity index (χ0v) is 22.5. The monoisotopic (exact) mass is 517 g/mol. The highest BCUT2D eigenvalue weighted by Crippen LogP contribution is 2.26. The Bertz CT molecular complexity index is 1180. The molecule has 3 aromatic carbocycles. The van der Waals surface area contributed by atoms with E-state index in [2.05, 4.69) is 43.0 Å². The molecule has 194 valence electrons. The van der Waals surface area contributed by atoms with Crippen molar-refractivity contribution < 1.29 is 9.59 Å². The number of para-hydroxylation sites is 1. The minimum atomic E-state index is -0.0366. The Hall–Kier alpha value is -3.15. The molecule has 1 heterocycles. The van der Waals surface area contributed by atoms with E-state index in [4.69, 9.17) is 11.6 Å². The van der Waals surface area contributed by atoms with Crippen molar-refractivity contribution in [1.29, 1.82) is 0 Å². The molecule has 0 bridgehead atoms. The van der Waals surface area contributed by atoms with Gasteiger partial charge < -0.3 is 9.80 Å². The van der Waals surface area contributed by atoms with Gasteiger partial charge in [-0.15, -0.1) is 0 Å². The maximum atomic E-state index is 13.7. The van der Waals surface area contributed by atoms with Crippen molar-refractivity contribution in [1.82, 2.24) is 9.80 Å². The summed E-state index contributed by atoms with van der Waals surface area (Å²) >= 11 is 6.08. The molecule has 3 aromatic rings. The predicted octanol–water partition coefficient (Wildman–Crippen LogP) is 6.27. The summed E-state index contributed by atoms with van der Waals surface area (Å²) in [5.74, 6) is 0.368. The standard InChI is InChI=1S/C31H36ClN3O2/c1-24(2)21-30(36)35-18-8-17-33(22-25-9-4-3-5-10-25)19-20-34(23-27-11-6-7-12-29(27)35)31(37)26-13-15-28(32)16-14-26/h3-7,9-16,24H,8,17-23H2,1-2H3. The van der Waals surface area contributed by atoms with Gasteiger partial charge in [-0.3, -0.25) is 14.5 Å². The lowest BCUT2D eigenvalue weighted by Gasteiger charge is -2.28. The first kappa shape index (κ1) is 26.9. The van der Waals surface area contributed by atoms with Crippen molar-refractivity contribution in [3.63, 3.8) is 0 Å². The first-order valence-electron chi connectivity index (χ1n) is 13.1. The number of hydrogen-bond acceptors (Lipinski definition) is 3. The minimum absolute atomic E-state index is 0.0366. The second-order valence-electron chi connectivity index (χ2n) is 10.1. The number of fused-ring (bicyclic) bond motifs is 1. The van der Waals surface area contributed by atoms with Crippen LogP contribution in [-0.4, -0.2) is 47.8 Å². The van der Waals surface area contributed by atoms with Crippen LogP contribution in [-0.2, 0) is 17.9 Å². The zero-order chi connectivity index (χ0) is 26.2. The van der Waals surface area contributed by atoms with Gasteiger partial charge in [0.05, 0.1) is 0 Å². The molecule has 37 heavy (non-hydrogen) atoms. The highest BCUT2D eigenvalue weighted by molar-refractivity contribution is 6.30. The van der Waals surface area contributed by atoms with Gasteiger partial charge in [0, 0.05) is 62.0 Å². The second kappa shape index (κ2) is 12.9. The SMILES string of the molecule is CC(C)CC(=O)N1CCCN(Cc2ccccc2)CCN(C(=O)c2ccc(Cl)cc2)Cc2ccccc21. The number of benzene rings is 3. The average Bonchev–Trinajstić information content (AvgIpc) is 2.92. The molecule has 0 spiro atoms. The molecular weight excluding hydrogens is 482 g/mol. The van der Waals surface area contributed by atoms with Gasteiger partial charge in [-0.1, -0.05) is 74.0 Å². The molecule has 6 heteroatoms. The summed E-state index contributed by atoms with van der Waals surface area (Å²) in [4.78, 5) is 33.3. The van der Waals surface area contributed by atoms with Crippen LogP contribution in [0.4, 0.5) is 5.69 Å². The van der Waals surface area contributed by atoms with E-state index in [1.54, 1.807) is 24.3 Å². The van der Waals surface area contributed by atoms with Crippen molar-refractivity contribution in [2.24, 2.45) is 5.92 Å². The predicted molar refractivity (Wildman–Crippen MR) is 151 cm³/mol. The normalized spacial score (nSPS) is 15.2. The lowest BCUT2D eigenvalue weighted by atomic mass is 10.1. The van der Waals surface area contributed by atoms with Crippen molar-refractivity contribution in [2.75, 3.05) is 31.1 Å². The van der Waals surface area contributed by atoms with Crippen LogP contribution in [0.25, 0.3) is 0 Å². The number of hydrogen-bond donors (Lipinski definition) is 0. The van der Waals surface area contributed by atoms with Crippen LogP contribution < -0.4 is 4.90 Å². The van der Waals surface area contributed by atoms with Gasteiger partial charge in [0.2, 0.25) is 5.91 Å². The first-order chi connectivity index (χ1) is 17.9. The molecule has 2 amide bonds. The van der Waals surface area contributed by atoms with Gasteiger partial charge in [0.1, 0.15) is 0 Å². The van der Waals surface area contributed by atoms with Crippen LogP contribution in [0.1, 0.15) is 48.2 Å². The fourth-order valence-corrected chi connectivity index (χ4v) is 4.93. The van der Waals surface area contributed by atoms with Gasteiger partial charge in [0.15, 0.2) is 0 Å². The van der Waals surface area contributed by atoms with Crippen LogP contribution in [0, 0.1) is 5.92 Å². The fraction of sp³-hybridized carbons (Fsp3) is 0.355.